The molecule has 0 aromatic heterocycles. The average molecular weight is 429 g/mol. The number of methoxy groups -OCH3 is 1. The topological polar surface area (TPSA) is 93.7 Å². The summed E-state index contributed by atoms with van der Waals surface area (Å²) in [5.41, 5.74) is 0.231. The lowest BCUT2D eigenvalue weighted by Gasteiger charge is -2.55. The number of amides is 2. The van der Waals surface area contributed by atoms with Gasteiger partial charge in [0.25, 0.3) is 5.91 Å². The van der Waals surface area contributed by atoms with Crippen LogP contribution < -0.4 is 15.4 Å². The predicted octanol–water partition coefficient (Wildman–Crippen LogP) is 3.29. The minimum absolute atomic E-state index is 0.0236. The molecule has 0 heterocycles. The summed E-state index contributed by atoms with van der Waals surface area (Å²) < 4.78 is 10.5. The van der Waals surface area contributed by atoms with Gasteiger partial charge in [0, 0.05) is 17.2 Å². The van der Waals surface area contributed by atoms with E-state index in [0.717, 1.165) is 19.3 Å². The van der Waals surface area contributed by atoms with Crippen LogP contribution in [0.5, 0.6) is 5.75 Å². The van der Waals surface area contributed by atoms with Crippen LogP contribution in [0.1, 0.15) is 52.4 Å². The van der Waals surface area contributed by atoms with Crippen LogP contribution in [0.3, 0.4) is 0 Å². The maximum Gasteiger partial charge on any atom is 0.329 e. The number of carbonyl (C=O) groups excluding carboxylic acids is 3. The molecule has 168 valence electrons. The van der Waals surface area contributed by atoms with Gasteiger partial charge in [-0.1, -0.05) is 6.07 Å². The third-order valence-corrected chi connectivity index (χ3v) is 7.22. The van der Waals surface area contributed by atoms with Crippen LogP contribution in [0.15, 0.2) is 24.3 Å². The Kier molecular flexibility index (Phi) is 5.95. The van der Waals surface area contributed by atoms with Crippen molar-refractivity contribution in [2.24, 2.45) is 23.2 Å². The van der Waals surface area contributed by atoms with Crippen LogP contribution in [0.2, 0.25) is 0 Å². The van der Waals surface area contributed by atoms with E-state index in [1.54, 1.807) is 38.3 Å². The molecule has 4 saturated carbocycles. The predicted molar refractivity (Wildman–Crippen MR) is 115 cm³/mol. The first-order valence-electron chi connectivity index (χ1n) is 11.2. The first-order valence-corrected chi connectivity index (χ1v) is 11.2. The molecule has 0 aliphatic heterocycles. The SMILES string of the molecule is COc1cccc(NC(=O)[C@H](C)OC(=O)[C@H](C)NC(=O)C23CC4CC(CC(C4)C2)C3)c1. The lowest BCUT2D eigenvalue weighted by atomic mass is 9.49. The molecule has 2 atom stereocenters. The number of nitrogens with one attached hydrogen (secondary N) is 2. The first kappa shape index (κ1) is 21.7. The second kappa shape index (κ2) is 8.52. The molecule has 31 heavy (non-hydrogen) atoms. The van der Waals surface area contributed by atoms with Crippen LogP contribution in [0.4, 0.5) is 5.69 Å². The van der Waals surface area contributed by atoms with Crippen LogP contribution >= 0.6 is 0 Å². The van der Waals surface area contributed by atoms with Crippen molar-refractivity contribution >= 4 is 23.5 Å². The van der Waals surface area contributed by atoms with Crippen LogP contribution in [-0.4, -0.2) is 37.0 Å². The molecule has 4 fully saturated rings. The van der Waals surface area contributed by atoms with Gasteiger partial charge in [0.15, 0.2) is 6.10 Å². The first-order chi connectivity index (χ1) is 14.8. The van der Waals surface area contributed by atoms with Crippen LogP contribution in [-0.2, 0) is 19.1 Å². The van der Waals surface area contributed by atoms with E-state index in [1.807, 2.05) is 0 Å². The molecule has 0 spiro atoms. The Morgan fingerprint density at radius 2 is 1.65 bits per heavy atom. The number of rotatable bonds is 7. The van der Waals surface area contributed by atoms with E-state index in [0.29, 0.717) is 29.2 Å². The molecule has 0 radical (unpaired) electrons. The van der Waals surface area contributed by atoms with Gasteiger partial charge < -0.3 is 20.1 Å². The van der Waals surface area contributed by atoms with Gasteiger partial charge in [-0.25, -0.2) is 4.79 Å². The van der Waals surface area contributed by atoms with Crippen molar-refractivity contribution in [3.05, 3.63) is 24.3 Å². The van der Waals surface area contributed by atoms with Gasteiger partial charge in [0.1, 0.15) is 11.8 Å². The quantitative estimate of drug-likeness (QED) is 0.650. The number of ether oxygens (including phenoxy) is 2. The van der Waals surface area contributed by atoms with Crippen molar-refractivity contribution in [1.82, 2.24) is 5.32 Å². The fourth-order valence-electron chi connectivity index (χ4n) is 6.07. The molecule has 2 amide bonds. The van der Waals surface area contributed by atoms with Gasteiger partial charge in [-0.3, -0.25) is 9.59 Å². The molecule has 7 heteroatoms. The van der Waals surface area contributed by atoms with E-state index >= 15 is 0 Å². The van der Waals surface area contributed by atoms with Crippen LogP contribution in [0, 0.1) is 23.2 Å². The zero-order chi connectivity index (χ0) is 22.2. The molecular formula is C24H32N2O5. The van der Waals surface area contributed by atoms with Gasteiger partial charge in [-0.2, -0.15) is 0 Å². The summed E-state index contributed by atoms with van der Waals surface area (Å²) in [5.74, 6) is 1.50. The molecule has 4 aliphatic carbocycles. The second-order valence-electron chi connectivity index (χ2n) is 9.69. The molecule has 1 aromatic carbocycles. The smallest absolute Gasteiger partial charge is 0.329 e. The minimum Gasteiger partial charge on any atom is -0.497 e. The van der Waals surface area contributed by atoms with E-state index in [1.165, 1.54) is 26.2 Å². The maximum atomic E-state index is 13.1. The van der Waals surface area contributed by atoms with Crippen molar-refractivity contribution in [1.29, 1.82) is 0 Å². The van der Waals surface area contributed by atoms with Gasteiger partial charge in [-0.05, 0) is 82.3 Å². The van der Waals surface area contributed by atoms with Crippen molar-refractivity contribution in [2.75, 3.05) is 12.4 Å². The van der Waals surface area contributed by atoms with Gasteiger partial charge in [-0.15, -0.1) is 0 Å². The molecule has 4 aliphatic rings. The molecule has 0 unspecified atom stereocenters. The lowest BCUT2D eigenvalue weighted by Crippen LogP contribution is -2.56. The number of hydrogen-bond acceptors (Lipinski definition) is 5. The molecule has 4 bridgehead atoms. The summed E-state index contributed by atoms with van der Waals surface area (Å²) in [6.45, 7) is 3.13. The summed E-state index contributed by atoms with van der Waals surface area (Å²) in [7, 11) is 1.55. The number of carbonyl (C=O) groups is 3. The summed E-state index contributed by atoms with van der Waals surface area (Å²) in [6.07, 6.45) is 5.58. The molecule has 7 nitrogen and oxygen atoms in total. The highest BCUT2D eigenvalue weighted by atomic mass is 16.5. The van der Waals surface area contributed by atoms with Crippen LogP contribution in [0.25, 0.3) is 0 Å². The van der Waals surface area contributed by atoms with Gasteiger partial charge in [0.2, 0.25) is 5.91 Å². The normalized spacial score (nSPS) is 30.2. The number of hydrogen-bond donors (Lipinski definition) is 2. The average Bonchev–Trinajstić information content (AvgIpc) is 2.72. The number of anilines is 1. The molecule has 2 N–H and O–H groups in total. The Morgan fingerprint density at radius 3 is 2.23 bits per heavy atom. The number of esters is 1. The van der Waals surface area contributed by atoms with E-state index in [-0.39, 0.29) is 11.3 Å². The summed E-state index contributed by atoms with van der Waals surface area (Å²) in [6, 6.07) is 6.14. The second-order valence-corrected chi connectivity index (χ2v) is 9.69. The molecule has 0 saturated heterocycles. The zero-order valence-electron chi connectivity index (χ0n) is 18.5. The third-order valence-electron chi connectivity index (χ3n) is 7.22. The largest absolute Gasteiger partial charge is 0.497 e. The number of benzene rings is 1. The standard InChI is InChI=1S/C24H32N2O5/c1-14(25-23(29)24-11-16-7-17(12-24)9-18(8-16)13-24)22(28)31-15(2)21(27)26-19-5-4-6-20(10-19)30-3/h4-6,10,14-18H,7-9,11-13H2,1-3H3,(H,25,29)(H,26,27)/t14-,15-,16?,17?,18?,24?/m0/s1. The zero-order valence-corrected chi connectivity index (χ0v) is 18.5. The fourth-order valence-corrected chi connectivity index (χ4v) is 6.07. The fraction of sp³-hybridized carbons (Fsp3) is 0.625. The molecular weight excluding hydrogens is 396 g/mol. The third kappa shape index (κ3) is 4.55. The maximum absolute atomic E-state index is 13.1. The minimum atomic E-state index is -0.988. The van der Waals surface area contributed by atoms with Crippen molar-refractivity contribution in [3.8, 4) is 5.75 Å². The summed E-state index contributed by atoms with van der Waals surface area (Å²) >= 11 is 0. The highest BCUT2D eigenvalue weighted by Crippen LogP contribution is 2.60. The van der Waals surface area contributed by atoms with Gasteiger partial charge >= 0.3 is 5.97 Å². The Labute approximate surface area is 183 Å². The van der Waals surface area contributed by atoms with E-state index in [2.05, 4.69) is 10.6 Å². The van der Waals surface area contributed by atoms with E-state index < -0.39 is 24.0 Å². The summed E-state index contributed by atoms with van der Waals surface area (Å²) in [5, 5.41) is 5.59. The van der Waals surface area contributed by atoms with Gasteiger partial charge in [0.05, 0.1) is 7.11 Å². The Morgan fingerprint density at radius 1 is 1.03 bits per heavy atom. The highest BCUT2D eigenvalue weighted by Gasteiger charge is 2.54. The Balaban J connectivity index is 1.30. The van der Waals surface area contributed by atoms with E-state index in [9.17, 15) is 14.4 Å². The Bertz CT molecular complexity index is 832. The molecule has 1 aromatic rings. The van der Waals surface area contributed by atoms with Crippen molar-refractivity contribution in [3.63, 3.8) is 0 Å². The van der Waals surface area contributed by atoms with E-state index in [4.69, 9.17) is 9.47 Å². The summed E-state index contributed by atoms with van der Waals surface area (Å²) in [4.78, 5) is 38.1. The van der Waals surface area contributed by atoms with Crippen molar-refractivity contribution < 1.29 is 23.9 Å². The van der Waals surface area contributed by atoms with Crippen molar-refractivity contribution in [2.45, 2.75) is 64.5 Å². The Hall–Kier alpha value is -2.57. The monoisotopic (exact) mass is 428 g/mol. The lowest BCUT2D eigenvalue weighted by molar-refractivity contribution is -0.158. The molecule has 5 rings (SSSR count). The highest BCUT2D eigenvalue weighted by molar-refractivity contribution is 5.96.